The van der Waals surface area contributed by atoms with Crippen molar-refractivity contribution in [2.75, 3.05) is 0 Å². The fraction of sp³-hybridized carbons (Fsp3) is 0.200. The Bertz CT molecular complexity index is 1000. The average molecular weight is 402 g/mol. The summed E-state index contributed by atoms with van der Waals surface area (Å²) in [6, 6.07) is 5.71. The van der Waals surface area contributed by atoms with Gasteiger partial charge in [-0.1, -0.05) is 12.1 Å². The summed E-state index contributed by atoms with van der Waals surface area (Å²) < 4.78 is 9.94. The van der Waals surface area contributed by atoms with Gasteiger partial charge in [0, 0.05) is 6.92 Å². The molecule has 0 heterocycles. The van der Waals surface area contributed by atoms with Crippen LogP contribution in [-0.2, 0) is 16.1 Å². The molecular formula is C20H18O9. The van der Waals surface area contributed by atoms with Crippen molar-refractivity contribution in [3.05, 3.63) is 46.5 Å². The maximum Gasteiger partial charge on any atom is 0.340 e. The van der Waals surface area contributed by atoms with E-state index in [9.17, 15) is 34.5 Å². The molecule has 0 amide bonds. The third kappa shape index (κ3) is 4.52. The number of aromatic hydroxyl groups is 3. The highest BCUT2D eigenvalue weighted by Crippen LogP contribution is 2.45. The predicted octanol–water partition coefficient (Wildman–Crippen LogP) is 2.49. The first kappa shape index (κ1) is 21.4. The minimum atomic E-state index is -1.16. The van der Waals surface area contributed by atoms with Crippen LogP contribution in [-0.4, -0.2) is 38.8 Å². The summed E-state index contributed by atoms with van der Waals surface area (Å²) >= 11 is 0. The summed E-state index contributed by atoms with van der Waals surface area (Å²) in [7, 11) is 0. The highest BCUT2D eigenvalue weighted by molar-refractivity contribution is 6.16. The first-order valence-electron chi connectivity index (χ1n) is 8.31. The van der Waals surface area contributed by atoms with Crippen LogP contribution < -0.4 is 4.74 Å². The second kappa shape index (κ2) is 8.42. The van der Waals surface area contributed by atoms with Crippen molar-refractivity contribution >= 4 is 23.5 Å². The molecule has 2 aromatic carbocycles. The lowest BCUT2D eigenvalue weighted by molar-refractivity contribution is -0.132. The maximum absolute atomic E-state index is 12.7. The van der Waals surface area contributed by atoms with Gasteiger partial charge < -0.3 is 24.8 Å². The number of ether oxygens (including phenoxy) is 2. The molecular weight excluding hydrogens is 384 g/mol. The largest absolute Gasteiger partial charge is 0.508 e. The second-order valence-corrected chi connectivity index (χ2v) is 6.10. The normalized spacial score (nSPS) is 10.3. The van der Waals surface area contributed by atoms with Gasteiger partial charge in [0.2, 0.25) is 5.75 Å². The van der Waals surface area contributed by atoms with E-state index in [1.165, 1.54) is 24.3 Å². The van der Waals surface area contributed by atoms with E-state index in [1.807, 2.05) is 0 Å². The molecule has 0 aromatic heterocycles. The van der Waals surface area contributed by atoms with Crippen LogP contribution in [0.5, 0.6) is 23.0 Å². The van der Waals surface area contributed by atoms with E-state index >= 15 is 0 Å². The lowest BCUT2D eigenvalue weighted by atomic mass is 9.93. The number of benzene rings is 2. The summed E-state index contributed by atoms with van der Waals surface area (Å²) in [5, 5.41) is 29.6. The number of rotatable bonds is 6. The van der Waals surface area contributed by atoms with Crippen LogP contribution in [0.1, 0.15) is 57.4 Å². The van der Waals surface area contributed by atoms with Gasteiger partial charge in [0.25, 0.3) is 0 Å². The molecule has 0 aliphatic carbocycles. The molecule has 3 N–H and O–H groups in total. The van der Waals surface area contributed by atoms with Gasteiger partial charge in [0.15, 0.2) is 23.1 Å². The predicted molar refractivity (Wildman–Crippen MR) is 98.3 cm³/mol. The van der Waals surface area contributed by atoms with Crippen LogP contribution in [0.15, 0.2) is 24.3 Å². The lowest BCUT2D eigenvalue weighted by Crippen LogP contribution is -2.18. The van der Waals surface area contributed by atoms with Gasteiger partial charge in [-0.2, -0.15) is 0 Å². The summed E-state index contributed by atoms with van der Waals surface area (Å²) in [6.45, 7) is 2.75. The molecule has 0 saturated heterocycles. The van der Waals surface area contributed by atoms with Gasteiger partial charge in [0.05, 0.1) is 16.7 Å². The molecule has 9 heteroatoms. The quantitative estimate of drug-likeness (QED) is 0.287. The van der Waals surface area contributed by atoms with Gasteiger partial charge in [-0.15, -0.1) is 0 Å². The summed E-state index contributed by atoms with van der Waals surface area (Å²) in [4.78, 5) is 48.3. The van der Waals surface area contributed by atoms with Crippen LogP contribution in [0.2, 0.25) is 0 Å². The van der Waals surface area contributed by atoms with E-state index < -0.39 is 57.4 Å². The Balaban J connectivity index is 2.62. The van der Waals surface area contributed by atoms with Crippen molar-refractivity contribution in [1.82, 2.24) is 0 Å². The molecule has 0 atom stereocenters. The summed E-state index contributed by atoms with van der Waals surface area (Å²) in [5.74, 6) is -6.50. The zero-order chi connectivity index (χ0) is 21.9. The standard InChI is InChI=1S/C20H18O9/c1-9(21)14-16(20(27)28-8-12-4-6-13(24)7-5-12)15(10(2)22)19(29-11(3)23)18(26)17(14)25/h4-7,24-26H,8H2,1-3H3. The third-order valence-corrected chi connectivity index (χ3v) is 3.86. The molecule has 0 aliphatic rings. The minimum Gasteiger partial charge on any atom is -0.508 e. The Morgan fingerprint density at radius 1 is 0.793 bits per heavy atom. The first-order chi connectivity index (χ1) is 13.5. The highest BCUT2D eigenvalue weighted by Gasteiger charge is 2.34. The molecule has 2 rings (SSSR count). The Labute approximate surface area is 165 Å². The summed E-state index contributed by atoms with van der Waals surface area (Å²) in [6.07, 6.45) is 0. The van der Waals surface area contributed by atoms with E-state index in [4.69, 9.17) is 9.47 Å². The minimum absolute atomic E-state index is 0.00675. The van der Waals surface area contributed by atoms with Gasteiger partial charge >= 0.3 is 11.9 Å². The van der Waals surface area contributed by atoms with Crippen LogP contribution in [0.3, 0.4) is 0 Å². The van der Waals surface area contributed by atoms with Crippen LogP contribution >= 0.6 is 0 Å². The Morgan fingerprint density at radius 2 is 1.34 bits per heavy atom. The van der Waals surface area contributed by atoms with E-state index in [-0.39, 0.29) is 12.4 Å². The summed E-state index contributed by atoms with van der Waals surface area (Å²) in [5.41, 5.74) is -1.35. The molecule has 0 radical (unpaired) electrons. The van der Waals surface area contributed by atoms with E-state index in [0.29, 0.717) is 5.56 Å². The van der Waals surface area contributed by atoms with Gasteiger partial charge in [-0.25, -0.2) is 4.79 Å². The molecule has 0 bridgehead atoms. The fourth-order valence-electron chi connectivity index (χ4n) is 2.64. The van der Waals surface area contributed by atoms with E-state index in [2.05, 4.69) is 0 Å². The zero-order valence-corrected chi connectivity index (χ0v) is 15.8. The molecule has 0 aliphatic heterocycles. The molecule has 0 saturated carbocycles. The number of carbonyl (C=O) groups is 4. The maximum atomic E-state index is 12.7. The average Bonchev–Trinajstić information content (AvgIpc) is 2.63. The number of Topliss-reactive ketones (excluding diaryl/α,β-unsaturated/α-hetero) is 2. The topological polar surface area (TPSA) is 147 Å². The second-order valence-electron chi connectivity index (χ2n) is 6.10. The van der Waals surface area contributed by atoms with Crippen molar-refractivity contribution in [3.63, 3.8) is 0 Å². The van der Waals surface area contributed by atoms with Crippen molar-refractivity contribution in [2.24, 2.45) is 0 Å². The smallest absolute Gasteiger partial charge is 0.340 e. The van der Waals surface area contributed by atoms with E-state index in [1.54, 1.807) is 0 Å². The number of phenolic OH excluding ortho intramolecular Hbond substituents is 3. The molecule has 0 unspecified atom stereocenters. The Kier molecular flexibility index (Phi) is 6.22. The number of hydrogen-bond acceptors (Lipinski definition) is 9. The van der Waals surface area contributed by atoms with Crippen molar-refractivity contribution in [3.8, 4) is 23.0 Å². The first-order valence-corrected chi connectivity index (χ1v) is 8.31. The fourth-order valence-corrected chi connectivity index (χ4v) is 2.64. The number of esters is 2. The van der Waals surface area contributed by atoms with Gasteiger partial charge in [-0.05, 0) is 31.5 Å². The molecule has 0 fully saturated rings. The van der Waals surface area contributed by atoms with Crippen LogP contribution in [0.4, 0.5) is 0 Å². The van der Waals surface area contributed by atoms with Crippen LogP contribution in [0.25, 0.3) is 0 Å². The number of hydrogen-bond donors (Lipinski definition) is 3. The van der Waals surface area contributed by atoms with Crippen molar-refractivity contribution < 1.29 is 44.0 Å². The Morgan fingerprint density at radius 3 is 1.83 bits per heavy atom. The highest BCUT2D eigenvalue weighted by atomic mass is 16.5. The molecule has 152 valence electrons. The van der Waals surface area contributed by atoms with Crippen molar-refractivity contribution in [1.29, 1.82) is 0 Å². The molecule has 0 spiro atoms. The molecule has 9 nitrogen and oxygen atoms in total. The number of phenols is 3. The Hall–Kier alpha value is -3.88. The molecule has 29 heavy (non-hydrogen) atoms. The van der Waals surface area contributed by atoms with E-state index in [0.717, 1.165) is 20.8 Å². The zero-order valence-electron chi connectivity index (χ0n) is 15.8. The number of carbonyl (C=O) groups excluding carboxylic acids is 4. The molecule has 2 aromatic rings. The number of ketones is 2. The van der Waals surface area contributed by atoms with Crippen molar-refractivity contribution in [2.45, 2.75) is 27.4 Å². The van der Waals surface area contributed by atoms with Gasteiger partial charge in [0.1, 0.15) is 12.4 Å². The lowest BCUT2D eigenvalue weighted by Gasteiger charge is -2.18. The monoisotopic (exact) mass is 402 g/mol. The SMILES string of the molecule is CC(=O)Oc1c(O)c(O)c(C(C)=O)c(C(=O)OCc2ccc(O)cc2)c1C(C)=O. The van der Waals surface area contributed by atoms with Gasteiger partial charge in [-0.3, -0.25) is 14.4 Å². The van der Waals surface area contributed by atoms with Crippen LogP contribution in [0, 0.1) is 0 Å². The third-order valence-electron chi connectivity index (χ3n) is 3.86.